The molecule has 0 radical (unpaired) electrons. The highest BCUT2D eigenvalue weighted by Gasteiger charge is 2.24. The van der Waals surface area contributed by atoms with E-state index in [4.69, 9.17) is 0 Å². The molecule has 0 aliphatic carbocycles. The van der Waals surface area contributed by atoms with Gasteiger partial charge in [0.25, 0.3) is 0 Å². The third-order valence-corrected chi connectivity index (χ3v) is 3.89. The molecule has 0 saturated carbocycles. The molecular weight excluding hydrogens is 300 g/mol. The summed E-state index contributed by atoms with van der Waals surface area (Å²) in [5.74, 6) is -1.13. The van der Waals surface area contributed by atoms with Gasteiger partial charge in [0, 0.05) is 18.3 Å². The molecule has 0 heterocycles. The summed E-state index contributed by atoms with van der Waals surface area (Å²) in [4.78, 5) is 26.4. The number of anilines is 1. The molecule has 24 heavy (non-hydrogen) atoms. The van der Waals surface area contributed by atoms with Gasteiger partial charge in [-0.15, -0.1) is 0 Å². The molecule has 2 amide bonds. The molecule has 4 heteroatoms. The largest absolute Gasteiger partial charge is 0.328 e. The molecular formula is C20H24N2O2. The summed E-state index contributed by atoms with van der Waals surface area (Å²) < 4.78 is 0. The maximum Gasteiger partial charge on any atom is 0.313 e. The topological polar surface area (TPSA) is 49.4 Å². The van der Waals surface area contributed by atoms with Crippen molar-refractivity contribution in [3.8, 4) is 0 Å². The van der Waals surface area contributed by atoms with Crippen LogP contribution in [0.15, 0.2) is 54.6 Å². The van der Waals surface area contributed by atoms with Crippen molar-refractivity contribution in [3.63, 3.8) is 0 Å². The first-order valence-corrected chi connectivity index (χ1v) is 8.26. The maximum atomic E-state index is 12.5. The molecule has 0 fully saturated rings. The van der Waals surface area contributed by atoms with Gasteiger partial charge < -0.3 is 10.2 Å². The number of hydrogen-bond donors (Lipinski definition) is 1. The molecule has 126 valence electrons. The third kappa shape index (κ3) is 4.69. The van der Waals surface area contributed by atoms with Crippen molar-refractivity contribution in [2.45, 2.75) is 39.8 Å². The lowest BCUT2D eigenvalue weighted by Gasteiger charge is -2.26. The van der Waals surface area contributed by atoms with Crippen LogP contribution in [0.5, 0.6) is 0 Å². The average molecular weight is 324 g/mol. The van der Waals surface area contributed by atoms with Gasteiger partial charge in [0.1, 0.15) is 0 Å². The number of carbonyl (C=O) groups is 2. The minimum atomic E-state index is -0.608. The zero-order valence-electron chi connectivity index (χ0n) is 14.5. The smallest absolute Gasteiger partial charge is 0.313 e. The number of nitrogens with zero attached hydrogens (tertiary/aromatic N) is 1. The monoisotopic (exact) mass is 324 g/mol. The van der Waals surface area contributed by atoms with E-state index in [0.717, 1.165) is 12.0 Å². The second-order valence-electron chi connectivity index (χ2n) is 6.02. The molecule has 0 unspecified atom stereocenters. The van der Waals surface area contributed by atoms with E-state index < -0.39 is 11.8 Å². The lowest BCUT2D eigenvalue weighted by molar-refractivity contribution is -0.144. The lowest BCUT2D eigenvalue weighted by Crippen LogP contribution is -2.43. The molecule has 0 aliphatic heterocycles. The van der Waals surface area contributed by atoms with Crippen molar-refractivity contribution >= 4 is 17.5 Å². The fraction of sp³-hybridized carbons (Fsp3) is 0.300. The molecule has 4 nitrogen and oxygen atoms in total. The van der Waals surface area contributed by atoms with E-state index in [1.54, 1.807) is 4.90 Å². The van der Waals surface area contributed by atoms with Crippen LogP contribution in [0.4, 0.5) is 5.69 Å². The van der Waals surface area contributed by atoms with Crippen LogP contribution >= 0.6 is 0 Å². The number of rotatable bonds is 5. The highest BCUT2D eigenvalue weighted by atomic mass is 16.2. The summed E-state index contributed by atoms with van der Waals surface area (Å²) in [6.45, 7) is 6.30. The fourth-order valence-corrected chi connectivity index (χ4v) is 2.41. The van der Waals surface area contributed by atoms with Crippen molar-refractivity contribution in [3.05, 3.63) is 65.7 Å². The quantitative estimate of drug-likeness (QED) is 0.854. The number of benzene rings is 2. The average Bonchev–Trinajstić information content (AvgIpc) is 2.60. The minimum absolute atomic E-state index is 0.0640. The summed E-state index contributed by atoms with van der Waals surface area (Å²) in [5, 5.41) is 2.68. The standard InChI is InChI=1S/C20H24N2O2/c1-4-16-10-12-18(13-11-16)21-19(23)20(24)22(15(2)3)14-17-8-6-5-7-9-17/h5-13,15H,4,14H2,1-3H3,(H,21,23). The molecule has 2 rings (SSSR count). The maximum absolute atomic E-state index is 12.5. The first kappa shape index (κ1) is 17.7. The second kappa shape index (κ2) is 8.29. The van der Waals surface area contributed by atoms with Gasteiger partial charge in [-0.1, -0.05) is 49.4 Å². The predicted octanol–water partition coefficient (Wildman–Crippen LogP) is 3.62. The number of hydrogen-bond acceptors (Lipinski definition) is 2. The Balaban J connectivity index is 2.06. The van der Waals surface area contributed by atoms with E-state index in [0.29, 0.717) is 12.2 Å². The molecule has 0 atom stereocenters. The van der Waals surface area contributed by atoms with Gasteiger partial charge in [0.15, 0.2) is 0 Å². The van der Waals surface area contributed by atoms with E-state index in [-0.39, 0.29) is 6.04 Å². The Bertz CT molecular complexity index is 679. The molecule has 2 aromatic carbocycles. The number of carbonyl (C=O) groups excluding carboxylic acids is 2. The predicted molar refractivity (Wildman–Crippen MR) is 96.6 cm³/mol. The van der Waals surface area contributed by atoms with Crippen molar-refractivity contribution in [2.75, 3.05) is 5.32 Å². The van der Waals surface area contributed by atoms with Gasteiger partial charge in [0.2, 0.25) is 0 Å². The van der Waals surface area contributed by atoms with E-state index in [2.05, 4.69) is 12.2 Å². The van der Waals surface area contributed by atoms with E-state index in [1.807, 2.05) is 68.4 Å². The van der Waals surface area contributed by atoms with Gasteiger partial charge in [-0.25, -0.2) is 0 Å². The van der Waals surface area contributed by atoms with Crippen molar-refractivity contribution in [1.82, 2.24) is 4.90 Å². The highest BCUT2D eigenvalue weighted by Crippen LogP contribution is 2.12. The SMILES string of the molecule is CCc1ccc(NC(=O)C(=O)N(Cc2ccccc2)C(C)C)cc1. The second-order valence-corrected chi connectivity index (χ2v) is 6.02. The third-order valence-electron chi connectivity index (χ3n) is 3.89. The first-order chi connectivity index (χ1) is 11.5. The van der Waals surface area contributed by atoms with Crippen LogP contribution in [-0.4, -0.2) is 22.8 Å². The van der Waals surface area contributed by atoms with Crippen LogP contribution in [0.2, 0.25) is 0 Å². The molecule has 2 aromatic rings. The van der Waals surface area contributed by atoms with Crippen LogP contribution in [0, 0.1) is 0 Å². The summed E-state index contributed by atoms with van der Waals surface area (Å²) in [6, 6.07) is 17.1. The minimum Gasteiger partial charge on any atom is -0.328 e. The summed E-state index contributed by atoms with van der Waals surface area (Å²) in [7, 11) is 0. The summed E-state index contributed by atoms with van der Waals surface area (Å²) in [6.07, 6.45) is 0.936. The van der Waals surface area contributed by atoms with Gasteiger partial charge in [-0.2, -0.15) is 0 Å². The summed E-state index contributed by atoms with van der Waals surface area (Å²) >= 11 is 0. The molecule has 0 aliphatic rings. The van der Waals surface area contributed by atoms with Gasteiger partial charge in [-0.05, 0) is 43.5 Å². The van der Waals surface area contributed by atoms with Crippen molar-refractivity contribution in [1.29, 1.82) is 0 Å². The molecule has 0 bridgehead atoms. The Morgan fingerprint density at radius 1 is 0.958 bits per heavy atom. The first-order valence-electron chi connectivity index (χ1n) is 8.26. The van der Waals surface area contributed by atoms with E-state index in [9.17, 15) is 9.59 Å². The number of aryl methyl sites for hydroxylation is 1. The van der Waals surface area contributed by atoms with Crippen LogP contribution in [0.1, 0.15) is 31.9 Å². The Hall–Kier alpha value is -2.62. The Morgan fingerprint density at radius 3 is 2.12 bits per heavy atom. The molecule has 0 spiro atoms. The highest BCUT2D eigenvalue weighted by molar-refractivity contribution is 6.39. The Morgan fingerprint density at radius 2 is 1.58 bits per heavy atom. The van der Waals surface area contributed by atoms with E-state index in [1.165, 1.54) is 5.56 Å². The van der Waals surface area contributed by atoms with Crippen LogP contribution < -0.4 is 5.32 Å². The van der Waals surface area contributed by atoms with Crippen LogP contribution in [-0.2, 0) is 22.6 Å². The number of amides is 2. The normalized spacial score (nSPS) is 10.5. The van der Waals surface area contributed by atoms with Gasteiger partial charge in [-0.3, -0.25) is 9.59 Å². The van der Waals surface area contributed by atoms with Crippen molar-refractivity contribution in [2.24, 2.45) is 0 Å². The Kier molecular flexibility index (Phi) is 6.13. The van der Waals surface area contributed by atoms with Gasteiger partial charge >= 0.3 is 11.8 Å². The van der Waals surface area contributed by atoms with Crippen molar-refractivity contribution < 1.29 is 9.59 Å². The number of nitrogens with one attached hydrogen (secondary N) is 1. The lowest BCUT2D eigenvalue weighted by atomic mass is 10.1. The Labute approximate surface area is 143 Å². The molecule has 1 N–H and O–H groups in total. The van der Waals surface area contributed by atoms with Crippen LogP contribution in [0.3, 0.4) is 0 Å². The van der Waals surface area contributed by atoms with Crippen LogP contribution in [0.25, 0.3) is 0 Å². The summed E-state index contributed by atoms with van der Waals surface area (Å²) in [5.41, 5.74) is 2.82. The zero-order valence-corrected chi connectivity index (χ0v) is 14.5. The van der Waals surface area contributed by atoms with Gasteiger partial charge in [0.05, 0.1) is 0 Å². The zero-order chi connectivity index (χ0) is 17.5. The fourth-order valence-electron chi connectivity index (χ4n) is 2.41. The van der Waals surface area contributed by atoms with E-state index >= 15 is 0 Å². The molecule has 0 saturated heterocycles. The molecule has 0 aromatic heterocycles.